The van der Waals surface area contributed by atoms with Crippen molar-refractivity contribution in [3.63, 3.8) is 0 Å². The highest BCUT2D eigenvalue weighted by Crippen LogP contribution is 2.38. The summed E-state index contributed by atoms with van der Waals surface area (Å²) in [6, 6.07) is 15.3. The lowest BCUT2D eigenvalue weighted by Gasteiger charge is -2.38. The molecule has 2 aromatic carbocycles. The van der Waals surface area contributed by atoms with Crippen molar-refractivity contribution < 1.29 is 23.1 Å². The molecule has 1 atom stereocenters. The van der Waals surface area contributed by atoms with Gasteiger partial charge in [0.25, 0.3) is 5.91 Å². The van der Waals surface area contributed by atoms with Crippen LogP contribution in [0.1, 0.15) is 66.2 Å². The lowest BCUT2D eigenvalue weighted by Crippen LogP contribution is -2.41. The number of rotatable bonds is 8. The number of ether oxygens (including phenoxy) is 1. The fraction of sp³-hybridized carbons (Fsp3) is 0.379. The van der Waals surface area contributed by atoms with Crippen molar-refractivity contribution in [2.75, 3.05) is 20.1 Å². The fourth-order valence-electron chi connectivity index (χ4n) is 4.48. The molecule has 0 N–H and O–H groups in total. The van der Waals surface area contributed by atoms with Gasteiger partial charge in [-0.25, -0.2) is 4.39 Å². The van der Waals surface area contributed by atoms with Gasteiger partial charge in [-0.1, -0.05) is 32.0 Å². The zero-order valence-corrected chi connectivity index (χ0v) is 21.3. The SMILES string of the molecule is CCN(C)C(=O)c1ccc(COc2ccc3c(c2)C(c2ccc(F)cc2)N(C(=O)CC(C)C)CC3)o1. The van der Waals surface area contributed by atoms with E-state index in [1.807, 2.05) is 43.9 Å². The lowest BCUT2D eigenvalue weighted by molar-refractivity contribution is -0.134. The molecule has 1 aromatic heterocycles. The standard InChI is InChI=1S/C29H33FN2O4/c1-5-31(4)29(34)26-13-12-24(36-26)18-35-23-11-8-20-14-15-32(27(33)16-19(2)3)28(25(20)17-23)21-6-9-22(30)10-7-21/h6-13,17,19,28H,5,14-16,18H2,1-4H3. The smallest absolute Gasteiger partial charge is 0.289 e. The van der Waals surface area contributed by atoms with Crippen molar-refractivity contribution in [1.82, 2.24) is 9.80 Å². The molecule has 2 heterocycles. The molecule has 0 aliphatic carbocycles. The van der Waals surface area contributed by atoms with Crippen LogP contribution in [0.5, 0.6) is 5.75 Å². The van der Waals surface area contributed by atoms with Crippen LogP contribution in [0.4, 0.5) is 4.39 Å². The van der Waals surface area contributed by atoms with E-state index in [1.165, 1.54) is 12.1 Å². The second-order valence-electron chi connectivity index (χ2n) is 9.62. The largest absolute Gasteiger partial charge is 0.486 e. The van der Waals surface area contributed by atoms with E-state index in [4.69, 9.17) is 9.15 Å². The van der Waals surface area contributed by atoms with Gasteiger partial charge in [-0.05, 0) is 72.4 Å². The molecule has 0 radical (unpaired) electrons. The molecule has 0 saturated heterocycles. The molecule has 1 unspecified atom stereocenters. The van der Waals surface area contributed by atoms with Crippen molar-refractivity contribution in [3.05, 3.63) is 88.6 Å². The van der Waals surface area contributed by atoms with Gasteiger partial charge in [0.2, 0.25) is 5.91 Å². The van der Waals surface area contributed by atoms with Crippen LogP contribution in [0.25, 0.3) is 0 Å². The monoisotopic (exact) mass is 492 g/mol. The summed E-state index contributed by atoms with van der Waals surface area (Å²) in [5.41, 5.74) is 2.97. The predicted molar refractivity (Wildman–Crippen MR) is 135 cm³/mol. The van der Waals surface area contributed by atoms with E-state index in [9.17, 15) is 14.0 Å². The Kier molecular flexibility index (Phi) is 7.77. The first kappa shape index (κ1) is 25.5. The molecule has 3 aromatic rings. The predicted octanol–water partition coefficient (Wildman–Crippen LogP) is 5.61. The van der Waals surface area contributed by atoms with Crippen LogP contribution in [0, 0.1) is 11.7 Å². The lowest BCUT2D eigenvalue weighted by atomic mass is 9.87. The van der Waals surface area contributed by atoms with E-state index in [-0.39, 0.29) is 42.0 Å². The van der Waals surface area contributed by atoms with Crippen LogP contribution in [0.2, 0.25) is 0 Å². The Morgan fingerprint density at radius 2 is 1.89 bits per heavy atom. The van der Waals surface area contributed by atoms with E-state index in [2.05, 4.69) is 0 Å². The average molecular weight is 493 g/mol. The maximum absolute atomic E-state index is 13.7. The number of carbonyl (C=O) groups excluding carboxylic acids is 2. The Morgan fingerprint density at radius 3 is 2.58 bits per heavy atom. The zero-order valence-electron chi connectivity index (χ0n) is 21.3. The summed E-state index contributed by atoms with van der Waals surface area (Å²) < 4.78 is 25.4. The maximum atomic E-state index is 13.7. The van der Waals surface area contributed by atoms with Crippen LogP contribution in [-0.2, 0) is 17.8 Å². The van der Waals surface area contributed by atoms with E-state index in [0.717, 1.165) is 23.1 Å². The molecule has 7 heteroatoms. The molecule has 0 bridgehead atoms. The van der Waals surface area contributed by atoms with Gasteiger partial charge < -0.3 is 19.0 Å². The minimum atomic E-state index is -0.318. The third-order valence-corrected chi connectivity index (χ3v) is 6.51. The quantitative estimate of drug-likeness (QED) is 0.410. The van der Waals surface area contributed by atoms with E-state index >= 15 is 0 Å². The maximum Gasteiger partial charge on any atom is 0.289 e. The van der Waals surface area contributed by atoms with Crippen LogP contribution in [-0.4, -0.2) is 41.8 Å². The van der Waals surface area contributed by atoms with Crippen molar-refractivity contribution in [1.29, 1.82) is 0 Å². The Labute approximate surface area is 211 Å². The topological polar surface area (TPSA) is 63.0 Å². The Balaban J connectivity index is 1.59. The number of hydrogen-bond acceptors (Lipinski definition) is 4. The summed E-state index contributed by atoms with van der Waals surface area (Å²) >= 11 is 0. The highest BCUT2D eigenvalue weighted by molar-refractivity contribution is 5.91. The van der Waals surface area contributed by atoms with E-state index in [0.29, 0.717) is 31.0 Å². The van der Waals surface area contributed by atoms with Gasteiger partial charge in [-0.15, -0.1) is 0 Å². The first-order valence-electron chi connectivity index (χ1n) is 12.4. The number of amides is 2. The summed E-state index contributed by atoms with van der Waals surface area (Å²) in [5, 5.41) is 0. The van der Waals surface area contributed by atoms with Crippen molar-refractivity contribution >= 4 is 11.8 Å². The first-order chi connectivity index (χ1) is 17.3. The third kappa shape index (κ3) is 5.61. The van der Waals surface area contributed by atoms with Crippen molar-refractivity contribution in [2.24, 2.45) is 5.92 Å². The molecule has 36 heavy (non-hydrogen) atoms. The number of furan rings is 1. The average Bonchev–Trinajstić information content (AvgIpc) is 3.35. The van der Waals surface area contributed by atoms with Crippen LogP contribution < -0.4 is 4.74 Å². The van der Waals surface area contributed by atoms with Crippen LogP contribution >= 0.6 is 0 Å². The van der Waals surface area contributed by atoms with Crippen molar-refractivity contribution in [3.8, 4) is 5.75 Å². The van der Waals surface area contributed by atoms with E-state index < -0.39 is 0 Å². The highest BCUT2D eigenvalue weighted by atomic mass is 19.1. The molecular formula is C29H33FN2O4. The summed E-state index contributed by atoms with van der Waals surface area (Å²) in [5.74, 6) is 1.29. The number of carbonyl (C=O) groups is 2. The molecule has 190 valence electrons. The molecular weight excluding hydrogens is 459 g/mol. The normalized spacial score (nSPS) is 15.1. The molecule has 0 spiro atoms. The third-order valence-electron chi connectivity index (χ3n) is 6.51. The van der Waals surface area contributed by atoms with Gasteiger partial charge in [0.15, 0.2) is 5.76 Å². The minimum absolute atomic E-state index is 0.0844. The highest BCUT2D eigenvalue weighted by Gasteiger charge is 2.32. The van der Waals surface area contributed by atoms with Crippen LogP contribution in [0.3, 0.4) is 0 Å². The second-order valence-corrected chi connectivity index (χ2v) is 9.62. The summed E-state index contributed by atoms with van der Waals surface area (Å²) in [6.07, 6.45) is 1.20. The number of halogens is 1. The van der Waals surface area contributed by atoms with E-state index in [1.54, 1.807) is 36.2 Å². The number of fused-ring (bicyclic) bond motifs is 1. The van der Waals surface area contributed by atoms with Gasteiger partial charge in [-0.3, -0.25) is 9.59 Å². The first-order valence-corrected chi connectivity index (χ1v) is 12.4. The minimum Gasteiger partial charge on any atom is -0.486 e. The van der Waals surface area contributed by atoms with Crippen LogP contribution in [0.15, 0.2) is 59.0 Å². The summed E-state index contributed by atoms with van der Waals surface area (Å²) in [6.45, 7) is 7.32. The number of nitrogens with zero attached hydrogens (tertiary/aromatic N) is 2. The Morgan fingerprint density at radius 1 is 1.14 bits per heavy atom. The number of benzene rings is 2. The molecule has 0 saturated carbocycles. The summed E-state index contributed by atoms with van der Waals surface area (Å²) in [7, 11) is 1.72. The molecule has 1 aliphatic heterocycles. The summed E-state index contributed by atoms with van der Waals surface area (Å²) in [4.78, 5) is 28.9. The van der Waals surface area contributed by atoms with Gasteiger partial charge in [0.1, 0.15) is 23.9 Å². The molecule has 0 fully saturated rings. The Bertz CT molecular complexity index is 1220. The molecule has 2 amide bonds. The van der Waals surface area contributed by atoms with Gasteiger partial charge in [0, 0.05) is 26.6 Å². The van der Waals surface area contributed by atoms with Crippen molar-refractivity contribution in [2.45, 2.75) is 46.3 Å². The zero-order chi connectivity index (χ0) is 25.8. The molecule has 1 aliphatic rings. The van der Waals surface area contributed by atoms with Gasteiger partial charge in [0.05, 0.1) is 6.04 Å². The fourth-order valence-corrected chi connectivity index (χ4v) is 4.48. The molecule has 4 rings (SSSR count). The van der Waals surface area contributed by atoms with Gasteiger partial charge in [-0.2, -0.15) is 0 Å². The van der Waals surface area contributed by atoms with Gasteiger partial charge >= 0.3 is 0 Å². The molecule has 6 nitrogen and oxygen atoms in total. The Hall–Kier alpha value is -3.61. The second kappa shape index (κ2) is 11.0. The number of hydrogen-bond donors (Lipinski definition) is 0.